The lowest BCUT2D eigenvalue weighted by Gasteiger charge is -2.17. The maximum Gasteiger partial charge on any atom is 0.423 e. The van der Waals surface area contributed by atoms with Gasteiger partial charge in [-0.3, -0.25) is 4.79 Å². The molecule has 0 aliphatic carbocycles. The number of nitrogens with zero attached hydrogens (tertiary/aromatic N) is 6. The molecule has 1 aliphatic rings. The first-order valence-electron chi connectivity index (χ1n) is 10.2. The molecule has 3 aromatic rings. The monoisotopic (exact) mass is 484 g/mol. The third kappa shape index (κ3) is 5.47. The number of H-pyrrole nitrogens is 1. The molecule has 3 aromatic heterocycles. The second-order valence-electron chi connectivity index (χ2n) is 7.73. The molecule has 2 N–H and O–H groups in total. The third-order valence-corrected chi connectivity index (χ3v) is 5.06. The predicted molar refractivity (Wildman–Crippen MR) is 108 cm³/mol. The molecule has 4 heterocycles. The lowest BCUT2D eigenvalue weighted by Crippen LogP contribution is -2.29. The van der Waals surface area contributed by atoms with E-state index in [9.17, 15) is 22.4 Å². The van der Waals surface area contributed by atoms with Gasteiger partial charge in [-0.05, 0) is 13.3 Å². The van der Waals surface area contributed by atoms with Gasteiger partial charge in [-0.2, -0.15) is 23.3 Å². The molecule has 1 saturated heterocycles. The summed E-state index contributed by atoms with van der Waals surface area (Å²) in [5.74, 6) is 0.575. The number of rotatable bonds is 8. The first-order chi connectivity index (χ1) is 16.2. The molecular formula is C19H20F4N8O3. The van der Waals surface area contributed by atoms with E-state index in [0.717, 1.165) is 25.0 Å². The molecule has 2 unspecified atom stereocenters. The lowest BCUT2D eigenvalue weighted by atomic mass is 10.1. The number of alkyl halides is 3. The number of ether oxygens (including phenoxy) is 1. The van der Waals surface area contributed by atoms with Gasteiger partial charge in [0, 0.05) is 25.0 Å². The summed E-state index contributed by atoms with van der Waals surface area (Å²) < 4.78 is 63.1. The Morgan fingerprint density at radius 2 is 2.09 bits per heavy atom. The molecule has 0 bridgehead atoms. The van der Waals surface area contributed by atoms with Gasteiger partial charge in [0.15, 0.2) is 11.6 Å². The van der Waals surface area contributed by atoms with E-state index in [-0.39, 0.29) is 25.0 Å². The maximum atomic E-state index is 13.1. The topological polar surface area (TPSA) is 135 Å². The number of nitrogens with one attached hydrogen (secondary N) is 2. The summed E-state index contributed by atoms with van der Waals surface area (Å²) in [6.07, 6.45) is -1.00. The van der Waals surface area contributed by atoms with E-state index in [1.807, 2.05) is 4.90 Å². The van der Waals surface area contributed by atoms with Crippen molar-refractivity contribution < 1.29 is 26.8 Å². The second-order valence-corrected chi connectivity index (χ2v) is 7.73. The minimum atomic E-state index is -4.84. The van der Waals surface area contributed by atoms with Crippen molar-refractivity contribution in [1.29, 1.82) is 0 Å². The highest BCUT2D eigenvalue weighted by atomic mass is 19.4. The van der Waals surface area contributed by atoms with Gasteiger partial charge in [0.05, 0.1) is 30.9 Å². The zero-order valence-corrected chi connectivity index (χ0v) is 17.8. The highest BCUT2D eigenvalue weighted by molar-refractivity contribution is 5.50. The second kappa shape index (κ2) is 9.70. The molecule has 4 rings (SSSR count). The number of halogens is 4. The molecular weight excluding hydrogens is 464 g/mol. The van der Waals surface area contributed by atoms with Gasteiger partial charge in [-0.25, -0.2) is 19.5 Å². The van der Waals surface area contributed by atoms with Crippen LogP contribution in [0.3, 0.4) is 0 Å². The third-order valence-electron chi connectivity index (χ3n) is 5.06. The van der Waals surface area contributed by atoms with E-state index in [2.05, 4.69) is 30.5 Å². The fourth-order valence-electron chi connectivity index (χ4n) is 3.53. The Bertz CT molecular complexity index is 1170. The standard InChI is InChI=1S/C19H20F4N8O3/c1-10(27-13-6-26-29-17(32)15(13)19(21,22)23)8-33-9-14-28-16(30-34-14)11-2-3-31(7-11)18-24-4-12(20)5-25-18/h4-6,10-11H,2-3,7-9H2,1H3,(H2,27,29,32). The van der Waals surface area contributed by atoms with Crippen LogP contribution in [0, 0.1) is 5.82 Å². The van der Waals surface area contributed by atoms with Crippen LogP contribution in [-0.2, 0) is 17.5 Å². The van der Waals surface area contributed by atoms with Crippen LogP contribution in [0.1, 0.15) is 36.5 Å². The number of hydrogen-bond donors (Lipinski definition) is 2. The van der Waals surface area contributed by atoms with Crippen molar-refractivity contribution in [3.63, 3.8) is 0 Å². The van der Waals surface area contributed by atoms with Crippen molar-refractivity contribution in [1.82, 2.24) is 30.3 Å². The average Bonchev–Trinajstić information content (AvgIpc) is 3.43. The largest absolute Gasteiger partial charge is 0.423 e. The van der Waals surface area contributed by atoms with Crippen molar-refractivity contribution in [2.24, 2.45) is 0 Å². The number of aromatic amines is 1. The highest BCUT2D eigenvalue weighted by Gasteiger charge is 2.37. The summed E-state index contributed by atoms with van der Waals surface area (Å²) in [4.78, 5) is 25.7. The molecule has 182 valence electrons. The Hall–Kier alpha value is -3.62. The first kappa shape index (κ1) is 23.5. The van der Waals surface area contributed by atoms with Gasteiger partial charge < -0.3 is 19.5 Å². The molecule has 15 heteroatoms. The van der Waals surface area contributed by atoms with Crippen molar-refractivity contribution in [2.45, 2.75) is 38.1 Å². The highest BCUT2D eigenvalue weighted by Crippen LogP contribution is 2.31. The fraction of sp³-hybridized carbons (Fsp3) is 0.474. The molecule has 0 aromatic carbocycles. The SMILES string of the molecule is CC(COCc1nc(C2CCN(c3ncc(F)cn3)C2)no1)Nc1cn[nH]c(=O)c1C(F)(F)F. The lowest BCUT2D eigenvalue weighted by molar-refractivity contribution is -0.138. The molecule has 2 atom stereocenters. The van der Waals surface area contributed by atoms with Gasteiger partial charge in [0.2, 0.25) is 5.95 Å². The summed E-state index contributed by atoms with van der Waals surface area (Å²) in [7, 11) is 0. The van der Waals surface area contributed by atoms with Crippen LogP contribution in [0.2, 0.25) is 0 Å². The normalized spacial score (nSPS) is 17.2. The zero-order chi connectivity index (χ0) is 24.3. The van der Waals surface area contributed by atoms with Crippen molar-refractivity contribution in [3.8, 4) is 0 Å². The minimum Gasteiger partial charge on any atom is -0.378 e. The van der Waals surface area contributed by atoms with Gasteiger partial charge in [0.25, 0.3) is 11.4 Å². The Labute approximate surface area is 189 Å². The van der Waals surface area contributed by atoms with E-state index in [1.165, 1.54) is 0 Å². The van der Waals surface area contributed by atoms with Crippen molar-refractivity contribution in [2.75, 3.05) is 29.9 Å². The van der Waals surface area contributed by atoms with Crippen LogP contribution in [0.15, 0.2) is 27.9 Å². The molecule has 0 spiro atoms. The fourth-order valence-corrected chi connectivity index (χ4v) is 3.53. The Balaban J connectivity index is 1.28. The summed E-state index contributed by atoms with van der Waals surface area (Å²) in [6, 6.07) is -0.578. The van der Waals surface area contributed by atoms with Crippen LogP contribution < -0.4 is 15.8 Å². The van der Waals surface area contributed by atoms with Crippen LogP contribution in [0.25, 0.3) is 0 Å². The molecule has 0 saturated carbocycles. The maximum absolute atomic E-state index is 13.1. The number of aromatic nitrogens is 6. The number of anilines is 2. The molecule has 1 aliphatic heterocycles. The van der Waals surface area contributed by atoms with Gasteiger partial charge in [0.1, 0.15) is 12.2 Å². The van der Waals surface area contributed by atoms with E-state index in [4.69, 9.17) is 9.26 Å². The van der Waals surface area contributed by atoms with E-state index < -0.39 is 34.8 Å². The Kier molecular flexibility index (Phi) is 6.72. The van der Waals surface area contributed by atoms with Crippen LogP contribution in [0.4, 0.5) is 29.2 Å². The van der Waals surface area contributed by atoms with Crippen LogP contribution in [0.5, 0.6) is 0 Å². The molecule has 0 amide bonds. The van der Waals surface area contributed by atoms with Crippen LogP contribution >= 0.6 is 0 Å². The number of hydrogen-bond acceptors (Lipinski definition) is 10. The van der Waals surface area contributed by atoms with Crippen LogP contribution in [-0.4, -0.2) is 56.0 Å². The summed E-state index contributed by atoms with van der Waals surface area (Å²) >= 11 is 0. The summed E-state index contributed by atoms with van der Waals surface area (Å²) in [5, 5.41) is 11.7. The summed E-state index contributed by atoms with van der Waals surface area (Å²) in [5.41, 5.74) is -3.13. The molecule has 0 radical (unpaired) electrons. The molecule has 11 nitrogen and oxygen atoms in total. The molecule has 34 heavy (non-hydrogen) atoms. The van der Waals surface area contributed by atoms with Crippen molar-refractivity contribution in [3.05, 3.63) is 52.0 Å². The first-order valence-corrected chi connectivity index (χ1v) is 10.2. The van der Waals surface area contributed by atoms with Gasteiger partial charge in [-0.15, -0.1) is 0 Å². The van der Waals surface area contributed by atoms with Crippen molar-refractivity contribution >= 4 is 11.6 Å². The summed E-state index contributed by atoms with van der Waals surface area (Å²) in [6.45, 7) is 2.73. The van der Waals surface area contributed by atoms with E-state index >= 15 is 0 Å². The molecule has 1 fully saturated rings. The predicted octanol–water partition coefficient (Wildman–Crippen LogP) is 2.11. The van der Waals surface area contributed by atoms with E-state index in [1.54, 1.807) is 12.0 Å². The quantitative estimate of drug-likeness (QED) is 0.458. The van der Waals surface area contributed by atoms with E-state index in [0.29, 0.717) is 24.9 Å². The minimum absolute atomic E-state index is 0.000914. The van der Waals surface area contributed by atoms with Gasteiger partial charge >= 0.3 is 6.18 Å². The zero-order valence-electron chi connectivity index (χ0n) is 17.8. The Morgan fingerprint density at radius 3 is 2.82 bits per heavy atom. The Morgan fingerprint density at radius 1 is 1.32 bits per heavy atom. The smallest absolute Gasteiger partial charge is 0.378 e. The average molecular weight is 484 g/mol. The van der Waals surface area contributed by atoms with Gasteiger partial charge in [-0.1, -0.05) is 5.16 Å².